The summed E-state index contributed by atoms with van der Waals surface area (Å²) in [7, 11) is 0. The maximum Gasteiger partial charge on any atom is 0.159 e. The fraction of sp³-hybridized carbons (Fsp3) is 0.261. The van der Waals surface area contributed by atoms with Gasteiger partial charge in [-0.25, -0.2) is 0 Å². The number of ketones is 1. The van der Waals surface area contributed by atoms with Gasteiger partial charge in [-0.05, 0) is 41.7 Å². The van der Waals surface area contributed by atoms with Crippen molar-refractivity contribution in [3.63, 3.8) is 0 Å². The summed E-state index contributed by atoms with van der Waals surface area (Å²) in [6.45, 7) is 2.89. The Hall–Kier alpha value is -2.30. The second kappa shape index (κ2) is 8.15. The van der Waals surface area contributed by atoms with Crippen LogP contribution in [0, 0.1) is 6.92 Å². The van der Waals surface area contributed by atoms with Crippen molar-refractivity contribution in [3.05, 3.63) is 77.5 Å². The number of Topliss-reactive ketones (excluding diaryl/α,β-unsaturated/α-hetero) is 1. The van der Waals surface area contributed by atoms with E-state index in [2.05, 4.69) is 72.0 Å². The first-order valence-electron chi connectivity index (χ1n) is 9.36. The highest BCUT2D eigenvalue weighted by molar-refractivity contribution is 7.99. The monoisotopic (exact) mass is 376 g/mol. The normalized spacial score (nSPS) is 17.1. The van der Waals surface area contributed by atoms with Crippen LogP contribution < -0.4 is 5.32 Å². The van der Waals surface area contributed by atoms with Crippen LogP contribution in [0.4, 0.5) is 0 Å². The Balaban J connectivity index is 1.35. The minimum Gasteiger partial charge on any atom is -0.361 e. The van der Waals surface area contributed by atoms with Crippen LogP contribution in [0.1, 0.15) is 23.1 Å². The zero-order valence-electron chi connectivity index (χ0n) is 15.5. The molecule has 1 aliphatic heterocycles. The van der Waals surface area contributed by atoms with Crippen molar-refractivity contribution in [2.75, 3.05) is 12.3 Å². The predicted octanol–water partition coefficient (Wildman–Crippen LogP) is 4.72. The zero-order valence-corrected chi connectivity index (χ0v) is 16.3. The molecule has 4 heteroatoms. The highest BCUT2D eigenvalue weighted by Crippen LogP contribution is 2.27. The lowest BCUT2D eigenvalue weighted by Crippen LogP contribution is -2.40. The number of thioether (sulfide) groups is 1. The minimum absolute atomic E-state index is 0.0833. The second-order valence-electron chi connectivity index (χ2n) is 7.03. The lowest BCUT2D eigenvalue weighted by molar-refractivity contribution is -0.118. The van der Waals surface area contributed by atoms with Crippen LogP contribution >= 0.6 is 11.8 Å². The largest absolute Gasteiger partial charge is 0.361 e. The Morgan fingerprint density at radius 1 is 1.15 bits per heavy atom. The van der Waals surface area contributed by atoms with Gasteiger partial charge in [-0.3, -0.25) is 4.79 Å². The van der Waals surface area contributed by atoms with Crippen molar-refractivity contribution in [2.45, 2.75) is 25.1 Å². The first kappa shape index (κ1) is 18.1. The van der Waals surface area contributed by atoms with E-state index in [-0.39, 0.29) is 6.04 Å². The van der Waals surface area contributed by atoms with E-state index >= 15 is 0 Å². The summed E-state index contributed by atoms with van der Waals surface area (Å²) in [5, 5.41) is 4.61. The number of hydrogen-bond acceptors (Lipinski definition) is 3. The number of aromatic amines is 1. The molecule has 1 unspecified atom stereocenters. The van der Waals surface area contributed by atoms with Crippen molar-refractivity contribution >= 4 is 34.0 Å². The van der Waals surface area contributed by atoms with Crippen LogP contribution in [-0.4, -0.2) is 29.1 Å². The van der Waals surface area contributed by atoms with Gasteiger partial charge < -0.3 is 10.3 Å². The molecule has 2 N–H and O–H groups in total. The molecule has 0 bridgehead atoms. The fourth-order valence-corrected chi connectivity index (χ4v) is 4.66. The number of para-hydroxylation sites is 1. The molecule has 138 valence electrons. The van der Waals surface area contributed by atoms with E-state index in [9.17, 15) is 4.79 Å². The molecule has 2 aromatic carbocycles. The average molecular weight is 377 g/mol. The number of fused-ring (bicyclic) bond motifs is 1. The zero-order chi connectivity index (χ0) is 18.6. The summed E-state index contributed by atoms with van der Waals surface area (Å²) in [4.78, 5) is 16.0. The van der Waals surface area contributed by atoms with Crippen molar-refractivity contribution in [1.29, 1.82) is 0 Å². The number of benzene rings is 2. The van der Waals surface area contributed by atoms with Crippen molar-refractivity contribution < 1.29 is 4.79 Å². The number of aromatic nitrogens is 1. The van der Waals surface area contributed by atoms with Crippen molar-refractivity contribution in [1.82, 2.24) is 10.3 Å². The van der Waals surface area contributed by atoms with Gasteiger partial charge in [0.25, 0.3) is 0 Å². The Labute approximate surface area is 164 Å². The molecule has 0 amide bonds. The lowest BCUT2D eigenvalue weighted by Gasteiger charge is -2.24. The van der Waals surface area contributed by atoms with E-state index in [1.54, 1.807) is 11.8 Å². The van der Waals surface area contributed by atoms with Gasteiger partial charge in [0.15, 0.2) is 5.78 Å². The van der Waals surface area contributed by atoms with Crippen LogP contribution in [-0.2, 0) is 10.5 Å². The number of hydrogen-bond donors (Lipinski definition) is 2. The van der Waals surface area contributed by atoms with Crippen molar-refractivity contribution in [2.24, 2.45) is 0 Å². The topological polar surface area (TPSA) is 44.9 Å². The number of carbonyl (C=O) groups is 1. The molecule has 27 heavy (non-hydrogen) atoms. The molecule has 4 rings (SSSR count). The molecule has 1 atom stereocenters. The quantitative estimate of drug-likeness (QED) is 0.654. The molecule has 1 aromatic heterocycles. The Bertz CT molecular complexity index is 989. The molecule has 0 spiro atoms. The number of nitrogens with one attached hydrogen (secondary N) is 2. The first-order chi connectivity index (χ1) is 13.2. The Morgan fingerprint density at radius 2 is 1.96 bits per heavy atom. The maximum absolute atomic E-state index is 12.7. The van der Waals surface area contributed by atoms with Gasteiger partial charge in [-0.1, -0.05) is 48.5 Å². The van der Waals surface area contributed by atoms with Gasteiger partial charge in [-0.2, -0.15) is 0 Å². The summed E-state index contributed by atoms with van der Waals surface area (Å²) in [5.41, 5.74) is 6.24. The fourth-order valence-electron chi connectivity index (χ4n) is 3.69. The first-order valence-corrected chi connectivity index (χ1v) is 10.5. The summed E-state index contributed by atoms with van der Waals surface area (Å²) in [6.07, 6.45) is 5.04. The Morgan fingerprint density at radius 3 is 2.85 bits per heavy atom. The van der Waals surface area contributed by atoms with Gasteiger partial charge in [0.1, 0.15) is 0 Å². The van der Waals surface area contributed by atoms with Crippen LogP contribution in [0.15, 0.2) is 60.8 Å². The molecule has 0 radical (unpaired) electrons. The molecule has 0 saturated heterocycles. The molecule has 0 aliphatic carbocycles. The minimum atomic E-state index is -0.0833. The number of aryl methyl sites for hydroxylation is 1. The molecule has 0 saturated carbocycles. The highest BCUT2D eigenvalue weighted by atomic mass is 32.2. The lowest BCUT2D eigenvalue weighted by atomic mass is 9.91. The van der Waals surface area contributed by atoms with Crippen molar-refractivity contribution in [3.8, 4) is 0 Å². The summed E-state index contributed by atoms with van der Waals surface area (Å²) >= 11 is 1.70. The standard InChI is InChI=1S/C23H24N2OS/c1-16-6-2-3-7-19(16)17-10-11-24-22(12-17)23(26)15-27-14-18-13-25-21-9-5-4-8-20(18)21/h2-10,13,22,24-25H,11-12,14-15H2,1H3. The van der Waals surface area contributed by atoms with Crippen LogP contribution in [0.25, 0.3) is 16.5 Å². The third-order valence-electron chi connectivity index (χ3n) is 5.19. The van der Waals surface area contributed by atoms with Gasteiger partial charge in [0.2, 0.25) is 0 Å². The average Bonchev–Trinajstić information content (AvgIpc) is 3.12. The van der Waals surface area contributed by atoms with E-state index in [0.29, 0.717) is 11.5 Å². The maximum atomic E-state index is 12.7. The molecular weight excluding hydrogens is 352 g/mol. The smallest absolute Gasteiger partial charge is 0.159 e. The SMILES string of the molecule is Cc1ccccc1C1=CCNC(C(=O)CSCc2c[nH]c3ccccc23)C1. The van der Waals surface area contributed by atoms with E-state index in [0.717, 1.165) is 24.2 Å². The van der Waals surface area contributed by atoms with Gasteiger partial charge in [-0.15, -0.1) is 11.8 Å². The number of carbonyl (C=O) groups excluding carboxylic acids is 1. The van der Waals surface area contributed by atoms with Gasteiger partial charge in [0, 0.05) is 29.4 Å². The van der Waals surface area contributed by atoms with Crippen LogP contribution in [0.5, 0.6) is 0 Å². The second-order valence-corrected chi connectivity index (χ2v) is 8.01. The van der Waals surface area contributed by atoms with E-state index < -0.39 is 0 Å². The molecule has 0 fully saturated rings. The van der Waals surface area contributed by atoms with Gasteiger partial charge >= 0.3 is 0 Å². The van der Waals surface area contributed by atoms with E-state index in [1.807, 2.05) is 6.07 Å². The third kappa shape index (κ3) is 4.02. The van der Waals surface area contributed by atoms with Gasteiger partial charge in [0.05, 0.1) is 11.8 Å². The van der Waals surface area contributed by atoms with Crippen LogP contribution in [0.3, 0.4) is 0 Å². The molecule has 3 nitrogen and oxygen atoms in total. The molecule has 2 heterocycles. The van der Waals surface area contributed by atoms with E-state index in [1.165, 1.54) is 27.6 Å². The molecule has 1 aliphatic rings. The summed E-state index contributed by atoms with van der Waals surface area (Å²) in [6, 6.07) is 16.6. The highest BCUT2D eigenvalue weighted by Gasteiger charge is 2.23. The molecular formula is C23H24N2OS. The summed E-state index contributed by atoms with van der Waals surface area (Å²) < 4.78 is 0. The van der Waals surface area contributed by atoms with E-state index in [4.69, 9.17) is 0 Å². The number of rotatable bonds is 6. The Kier molecular flexibility index (Phi) is 5.46. The van der Waals surface area contributed by atoms with Crippen LogP contribution in [0.2, 0.25) is 0 Å². The third-order valence-corrected chi connectivity index (χ3v) is 6.20. The number of H-pyrrole nitrogens is 1. The predicted molar refractivity (Wildman–Crippen MR) is 115 cm³/mol. The summed E-state index contributed by atoms with van der Waals surface area (Å²) in [5.74, 6) is 1.68. The molecule has 3 aromatic rings.